The Morgan fingerprint density at radius 3 is 2.63 bits per heavy atom. The number of benzene rings is 1. The molecular formula is C11H7ClF3IO3. The first-order valence-electron chi connectivity index (χ1n) is 5.14. The summed E-state index contributed by atoms with van der Waals surface area (Å²) in [6, 6.07) is 2.83. The number of aliphatic carboxylic acids is 1. The number of rotatable bonds is 1. The van der Waals surface area contributed by atoms with Gasteiger partial charge in [-0.15, -0.1) is 0 Å². The van der Waals surface area contributed by atoms with Crippen molar-refractivity contribution in [3.8, 4) is 5.75 Å². The van der Waals surface area contributed by atoms with E-state index >= 15 is 0 Å². The summed E-state index contributed by atoms with van der Waals surface area (Å²) < 4.78 is 43.8. The molecular weight excluding hydrogens is 399 g/mol. The van der Waals surface area contributed by atoms with Crippen molar-refractivity contribution in [3.63, 3.8) is 0 Å². The molecule has 0 radical (unpaired) electrons. The van der Waals surface area contributed by atoms with Gasteiger partial charge in [0.1, 0.15) is 11.7 Å². The van der Waals surface area contributed by atoms with Crippen molar-refractivity contribution >= 4 is 40.2 Å². The molecule has 1 aromatic carbocycles. The zero-order chi connectivity index (χ0) is 14.4. The van der Waals surface area contributed by atoms with Gasteiger partial charge in [-0.25, -0.2) is 0 Å². The Morgan fingerprint density at radius 2 is 2.11 bits per heavy atom. The average molecular weight is 407 g/mol. The molecule has 0 saturated carbocycles. The molecule has 1 N–H and O–H groups in total. The van der Waals surface area contributed by atoms with E-state index in [4.69, 9.17) is 21.4 Å². The largest absolute Gasteiger partial charge is 0.481 e. The average Bonchev–Trinajstić information content (AvgIpc) is 2.27. The van der Waals surface area contributed by atoms with Crippen LogP contribution >= 0.6 is 34.2 Å². The first-order chi connectivity index (χ1) is 8.70. The third kappa shape index (κ3) is 2.91. The fourth-order valence-electron chi connectivity index (χ4n) is 1.91. The van der Waals surface area contributed by atoms with E-state index in [0.717, 1.165) is 0 Å². The Morgan fingerprint density at radius 1 is 1.47 bits per heavy atom. The zero-order valence-corrected chi connectivity index (χ0v) is 12.1. The van der Waals surface area contributed by atoms with E-state index in [1.165, 1.54) is 12.1 Å². The highest BCUT2D eigenvalue weighted by molar-refractivity contribution is 14.1. The van der Waals surface area contributed by atoms with Gasteiger partial charge < -0.3 is 9.84 Å². The molecule has 1 heterocycles. The molecule has 1 aromatic rings. The van der Waals surface area contributed by atoms with Gasteiger partial charge >= 0.3 is 12.1 Å². The number of carboxylic acid groups (broad SMARTS) is 1. The van der Waals surface area contributed by atoms with Gasteiger partial charge in [0.15, 0.2) is 0 Å². The zero-order valence-electron chi connectivity index (χ0n) is 9.17. The van der Waals surface area contributed by atoms with Crippen molar-refractivity contribution < 1.29 is 27.8 Å². The second-order valence-electron chi connectivity index (χ2n) is 4.10. The Hall–Kier alpha value is -0.700. The number of ether oxygens (including phenoxy) is 1. The van der Waals surface area contributed by atoms with Gasteiger partial charge in [0, 0.05) is 3.57 Å². The van der Waals surface area contributed by atoms with Crippen molar-refractivity contribution in [2.75, 3.05) is 0 Å². The molecule has 0 saturated heterocycles. The van der Waals surface area contributed by atoms with Crippen LogP contribution in [0.15, 0.2) is 12.1 Å². The lowest BCUT2D eigenvalue weighted by atomic mass is 9.90. The molecule has 0 aliphatic carbocycles. The monoisotopic (exact) mass is 406 g/mol. The van der Waals surface area contributed by atoms with Crippen LogP contribution in [0.5, 0.6) is 5.75 Å². The number of hydrogen-bond donors (Lipinski definition) is 1. The molecule has 1 aliphatic heterocycles. The number of carbonyl (C=O) groups is 1. The summed E-state index contributed by atoms with van der Waals surface area (Å²) >= 11 is 7.73. The number of carboxylic acids is 1. The number of hydrogen-bond acceptors (Lipinski definition) is 2. The van der Waals surface area contributed by atoms with Gasteiger partial charge in [-0.2, -0.15) is 13.2 Å². The van der Waals surface area contributed by atoms with E-state index in [0.29, 0.717) is 14.2 Å². The quantitative estimate of drug-likeness (QED) is 0.726. The predicted octanol–water partition coefficient (Wildman–Crippen LogP) is 3.51. The van der Waals surface area contributed by atoms with Crippen LogP contribution in [0, 0.1) is 9.49 Å². The lowest BCUT2D eigenvalue weighted by molar-refractivity contribution is -0.217. The predicted molar refractivity (Wildman–Crippen MR) is 69.5 cm³/mol. The number of fused-ring (bicyclic) bond motifs is 1. The molecule has 2 rings (SSSR count). The maximum absolute atomic E-state index is 12.8. The molecule has 0 amide bonds. The van der Waals surface area contributed by atoms with Gasteiger partial charge in [0.25, 0.3) is 0 Å². The number of alkyl halides is 3. The molecule has 19 heavy (non-hydrogen) atoms. The molecule has 3 nitrogen and oxygen atoms in total. The van der Waals surface area contributed by atoms with Crippen LogP contribution in [-0.4, -0.2) is 23.4 Å². The highest BCUT2D eigenvalue weighted by atomic mass is 127. The standard InChI is InChI=1S/C11H7ClF3IO3/c12-6-2-4-1-5(10(17)18)9(11(13,14)15)19-8(4)3-7(6)16/h2-3,5,9H,1H2,(H,17,18)/t5-,9+/m1/s1. The summed E-state index contributed by atoms with van der Waals surface area (Å²) in [7, 11) is 0. The van der Waals surface area contributed by atoms with Crippen LogP contribution in [0.25, 0.3) is 0 Å². The van der Waals surface area contributed by atoms with Gasteiger partial charge in [0.2, 0.25) is 6.10 Å². The molecule has 0 aromatic heterocycles. The highest BCUT2D eigenvalue weighted by Gasteiger charge is 2.52. The fraction of sp³-hybridized carbons (Fsp3) is 0.364. The Labute approximate surface area is 124 Å². The molecule has 1 aliphatic rings. The topological polar surface area (TPSA) is 46.5 Å². The minimum absolute atomic E-state index is 0.0358. The maximum atomic E-state index is 12.8. The second-order valence-corrected chi connectivity index (χ2v) is 5.67. The first kappa shape index (κ1) is 14.7. The van der Waals surface area contributed by atoms with Gasteiger partial charge in [0.05, 0.1) is 5.02 Å². The minimum atomic E-state index is -4.73. The van der Waals surface area contributed by atoms with Gasteiger partial charge in [-0.1, -0.05) is 11.6 Å². The molecule has 104 valence electrons. The van der Waals surface area contributed by atoms with Crippen LogP contribution in [-0.2, 0) is 11.2 Å². The minimum Gasteiger partial charge on any atom is -0.481 e. The van der Waals surface area contributed by atoms with E-state index in [1.807, 2.05) is 22.6 Å². The lowest BCUT2D eigenvalue weighted by Gasteiger charge is -2.32. The van der Waals surface area contributed by atoms with E-state index in [9.17, 15) is 18.0 Å². The Bertz CT molecular complexity index is 533. The maximum Gasteiger partial charge on any atom is 0.426 e. The SMILES string of the molecule is O=C(O)[C@@H]1Cc2cc(Cl)c(I)cc2O[C@@H]1C(F)(F)F. The summed E-state index contributed by atoms with van der Waals surface area (Å²) in [5.41, 5.74) is 0.373. The first-order valence-corrected chi connectivity index (χ1v) is 6.60. The van der Waals surface area contributed by atoms with Crippen LogP contribution in [0.2, 0.25) is 5.02 Å². The van der Waals surface area contributed by atoms with Crippen molar-refractivity contribution in [3.05, 3.63) is 26.3 Å². The third-order valence-electron chi connectivity index (χ3n) is 2.80. The summed E-state index contributed by atoms with van der Waals surface area (Å²) in [5, 5.41) is 9.27. The van der Waals surface area contributed by atoms with E-state index < -0.39 is 24.2 Å². The molecule has 0 unspecified atom stereocenters. The van der Waals surface area contributed by atoms with Crippen LogP contribution in [0.3, 0.4) is 0 Å². The van der Waals surface area contributed by atoms with Crippen molar-refractivity contribution in [1.29, 1.82) is 0 Å². The second kappa shape index (κ2) is 5.01. The Balaban J connectivity index is 2.45. The van der Waals surface area contributed by atoms with Crippen molar-refractivity contribution in [2.45, 2.75) is 18.7 Å². The van der Waals surface area contributed by atoms with Gasteiger partial charge in [-0.3, -0.25) is 4.79 Å². The summed E-state index contributed by atoms with van der Waals surface area (Å²) in [5.74, 6) is -3.17. The molecule has 0 fully saturated rings. The smallest absolute Gasteiger partial charge is 0.426 e. The van der Waals surface area contributed by atoms with Crippen molar-refractivity contribution in [2.24, 2.45) is 5.92 Å². The Kier molecular flexibility index (Phi) is 3.87. The molecule has 8 heteroatoms. The fourth-order valence-corrected chi connectivity index (χ4v) is 2.54. The summed E-state index contributed by atoms with van der Waals surface area (Å²) in [4.78, 5) is 11.0. The number of halogens is 5. The van der Waals surface area contributed by atoms with Gasteiger partial charge in [-0.05, 0) is 46.7 Å². The van der Waals surface area contributed by atoms with E-state index in [-0.39, 0.29) is 12.2 Å². The molecule has 0 spiro atoms. The van der Waals surface area contributed by atoms with Crippen LogP contribution in [0.1, 0.15) is 5.56 Å². The van der Waals surface area contributed by atoms with Crippen LogP contribution < -0.4 is 4.74 Å². The summed E-state index contributed by atoms with van der Waals surface area (Å²) in [6.07, 6.45) is -7.33. The van der Waals surface area contributed by atoms with Crippen LogP contribution in [0.4, 0.5) is 13.2 Å². The van der Waals surface area contributed by atoms with E-state index in [2.05, 4.69) is 0 Å². The highest BCUT2D eigenvalue weighted by Crippen LogP contribution is 2.40. The van der Waals surface area contributed by atoms with E-state index in [1.54, 1.807) is 0 Å². The molecule has 0 bridgehead atoms. The molecule has 2 atom stereocenters. The lowest BCUT2D eigenvalue weighted by Crippen LogP contribution is -2.47. The third-order valence-corrected chi connectivity index (χ3v) is 4.33. The van der Waals surface area contributed by atoms with Crippen molar-refractivity contribution in [1.82, 2.24) is 0 Å². The summed E-state index contributed by atoms with van der Waals surface area (Å²) in [6.45, 7) is 0. The normalized spacial score (nSPS) is 22.6.